The topological polar surface area (TPSA) is 20.2 Å². The molecule has 0 aromatic heterocycles. The van der Waals surface area contributed by atoms with Gasteiger partial charge < -0.3 is 5.11 Å². The van der Waals surface area contributed by atoms with E-state index in [-0.39, 0.29) is 0 Å². The molecule has 0 heterocycles. The lowest BCUT2D eigenvalue weighted by atomic mass is 10.3. The maximum Gasteiger partial charge on any atom is 0.0472 e. The Labute approximate surface area is 63.6 Å². The highest BCUT2D eigenvalue weighted by Gasteiger charge is 2.49. The van der Waals surface area contributed by atoms with Crippen molar-refractivity contribution in [3.63, 3.8) is 0 Å². The molecule has 48 valence electrons. The monoisotopic (exact) mass is 226 g/mol. The van der Waals surface area contributed by atoms with Crippen LogP contribution in [0.2, 0.25) is 0 Å². The van der Waals surface area contributed by atoms with Crippen molar-refractivity contribution in [2.24, 2.45) is 5.92 Å². The summed E-state index contributed by atoms with van der Waals surface area (Å²) in [6, 6.07) is 0. The lowest BCUT2D eigenvalue weighted by Crippen LogP contribution is -2.01. The van der Waals surface area contributed by atoms with Gasteiger partial charge in [0.1, 0.15) is 0 Å². The molecule has 1 nitrogen and oxygen atoms in total. The summed E-state index contributed by atoms with van der Waals surface area (Å²) in [4.78, 5) is 0. The molecule has 1 fully saturated rings. The van der Waals surface area contributed by atoms with Crippen LogP contribution in [-0.4, -0.2) is 15.1 Å². The van der Waals surface area contributed by atoms with Gasteiger partial charge in [0.25, 0.3) is 0 Å². The van der Waals surface area contributed by atoms with E-state index in [1.54, 1.807) is 0 Å². The predicted molar refractivity (Wildman–Crippen MR) is 42.2 cm³/mol. The van der Waals surface area contributed by atoms with Crippen molar-refractivity contribution < 1.29 is 5.11 Å². The molecule has 1 aliphatic rings. The summed E-state index contributed by atoms with van der Waals surface area (Å²) >= 11 is 2.45. The van der Waals surface area contributed by atoms with Gasteiger partial charge in [0.2, 0.25) is 0 Å². The van der Waals surface area contributed by atoms with Crippen molar-refractivity contribution in [1.29, 1.82) is 0 Å². The van der Waals surface area contributed by atoms with Crippen LogP contribution in [0.4, 0.5) is 0 Å². The number of hydrogen-bond acceptors (Lipinski definition) is 1. The Balaban J connectivity index is 2.31. The lowest BCUT2D eigenvalue weighted by molar-refractivity contribution is 0.272. The highest BCUT2D eigenvalue weighted by Crippen LogP contribution is 2.53. The van der Waals surface area contributed by atoms with Gasteiger partial charge in [-0.05, 0) is 18.8 Å². The van der Waals surface area contributed by atoms with E-state index >= 15 is 0 Å². The van der Waals surface area contributed by atoms with Gasteiger partial charge in [0.05, 0.1) is 0 Å². The molecule has 0 unspecified atom stereocenters. The summed E-state index contributed by atoms with van der Waals surface area (Å²) in [6.45, 7) is 2.57. The number of aliphatic hydroxyl groups excluding tert-OH is 1. The molecule has 2 atom stereocenters. The van der Waals surface area contributed by atoms with Crippen LogP contribution < -0.4 is 0 Å². The molecule has 0 saturated heterocycles. The second-order valence-electron chi connectivity index (χ2n) is 2.47. The summed E-state index contributed by atoms with van der Waals surface area (Å²) < 4.78 is 0.479. The van der Waals surface area contributed by atoms with Crippen LogP contribution in [-0.2, 0) is 0 Å². The maximum atomic E-state index is 8.67. The third-order valence-corrected chi connectivity index (χ3v) is 4.05. The quantitative estimate of drug-likeness (QED) is 0.559. The molecule has 0 radical (unpaired) electrons. The first-order valence-corrected chi connectivity index (χ1v) is 4.10. The van der Waals surface area contributed by atoms with E-state index in [2.05, 4.69) is 29.5 Å². The number of hydrogen-bond donors (Lipinski definition) is 1. The summed E-state index contributed by atoms with van der Waals surface area (Å²) in [6.07, 6.45) is 2.43. The minimum atomic E-state index is 0.386. The SMILES string of the molecule is CC[C@]1(I)C[C@@H]1CO. The first kappa shape index (κ1) is 6.81. The normalized spacial score (nSPS) is 44.6. The molecule has 0 spiro atoms. The van der Waals surface area contributed by atoms with Crippen molar-refractivity contribution in [2.75, 3.05) is 6.61 Å². The fraction of sp³-hybridized carbons (Fsp3) is 1.00. The molecule has 1 N–H and O–H groups in total. The minimum Gasteiger partial charge on any atom is -0.396 e. The zero-order valence-corrected chi connectivity index (χ0v) is 7.18. The van der Waals surface area contributed by atoms with Crippen LogP contribution in [0.1, 0.15) is 19.8 Å². The first-order chi connectivity index (χ1) is 3.73. The Bertz CT molecular complexity index is 94.5. The van der Waals surface area contributed by atoms with E-state index < -0.39 is 0 Å². The van der Waals surface area contributed by atoms with E-state index in [1.807, 2.05) is 0 Å². The molecule has 0 aliphatic heterocycles. The zero-order chi connectivity index (χ0) is 6.20. The van der Waals surface area contributed by atoms with Gasteiger partial charge in [-0.25, -0.2) is 0 Å². The molecule has 0 aromatic carbocycles. The molecule has 0 aromatic rings. The Hall–Kier alpha value is 0.690. The van der Waals surface area contributed by atoms with Crippen LogP contribution in [0, 0.1) is 5.92 Å². The average molecular weight is 226 g/mol. The number of alkyl halides is 1. The molecule has 2 heteroatoms. The number of rotatable bonds is 2. The van der Waals surface area contributed by atoms with Crippen LogP contribution >= 0.6 is 22.6 Å². The second-order valence-corrected chi connectivity index (χ2v) is 4.62. The van der Waals surface area contributed by atoms with Gasteiger partial charge in [-0.2, -0.15) is 0 Å². The summed E-state index contributed by atoms with van der Waals surface area (Å²) in [5, 5.41) is 8.67. The minimum absolute atomic E-state index is 0.386. The summed E-state index contributed by atoms with van der Waals surface area (Å²) in [5.41, 5.74) is 0. The second kappa shape index (κ2) is 2.14. The smallest absolute Gasteiger partial charge is 0.0472 e. The van der Waals surface area contributed by atoms with Crippen molar-refractivity contribution in [3.8, 4) is 0 Å². The molecule has 8 heavy (non-hydrogen) atoms. The van der Waals surface area contributed by atoms with Crippen LogP contribution in [0.25, 0.3) is 0 Å². The summed E-state index contributed by atoms with van der Waals surface area (Å²) in [7, 11) is 0. The molecule has 1 aliphatic carbocycles. The van der Waals surface area contributed by atoms with Crippen molar-refractivity contribution >= 4 is 22.6 Å². The van der Waals surface area contributed by atoms with E-state index in [1.165, 1.54) is 12.8 Å². The Kier molecular flexibility index (Phi) is 1.82. The Morgan fingerprint density at radius 3 is 2.62 bits per heavy atom. The predicted octanol–water partition coefficient (Wildman–Crippen LogP) is 1.58. The van der Waals surface area contributed by atoms with Crippen molar-refractivity contribution in [3.05, 3.63) is 0 Å². The van der Waals surface area contributed by atoms with Crippen molar-refractivity contribution in [1.82, 2.24) is 0 Å². The van der Waals surface area contributed by atoms with Crippen LogP contribution in [0.15, 0.2) is 0 Å². The highest BCUT2D eigenvalue weighted by molar-refractivity contribution is 14.1. The lowest BCUT2D eigenvalue weighted by Gasteiger charge is -2.00. The van der Waals surface area contributed by atoms with Gasteiger partial charge in [0, 0.05) is 10.0 Å². The Morgan fingerprint density at radius 2 is 2.50 bits per heavy atom. The number of halogens is 1. The first-order valence-electron chi connectivity index (χ1n) is 3.02. The maximum absolute atomic E-state index is 8.67. The average Bonchev–Trinajstić information content (AvgIpc) is 2.44. The molecule has 0 bridgehead atoms. The van der Waals surface area contributed by atoms with Gasteiger partial charge >= 0.3 is 0 Å². The fourth-order valence-electron chi connectivity index (χ4n) is 1.01. The van der Waals surface area contributed by atoms with Gasteiger partial charge in [0.15, 0.2) is 0 Å². The third kappa shape index (κ3) is 1.00. The standard InChI is InChI=1S/C6H11IO/c1-2-6(7)3-5(6)4-8/h5,8H,2-4H2,1H3/t5-,6+/m1/s1. The van der Waals surface area contributed by atoms with Crippen molar-refractivity contribution in [2.45, 2.75) is 23.2 Å². The Morgan fingerprint density at radius 1 is 1.88 bits per heavy atom. The van der Waals surface area contributed by atoms with Gasteiger partial charge in [-0.1, -0.05) is 29.5 Å². The van der Waals surface area contributed by atoms with Gasteiger partial charge in [-0.15, -0.1) is 0 Å². The fourth-order valence-corrected chi connectivity index (χ4v) is 1.74. The zero-order valence-electron chi connectivity index (χ0n) is 5.02. The van der Waals surface area contributed by atoms with E-state index in [9.17, 15) is 0 Å². The van der Waals surface area contributed by atoms with E-state index in [0.29, 0.717) is 15.9 Å². The highest BCUT2D eigenvalue weighted by atomic mass is 127. The largest absolute Gasteiger partial charge is 0.396 e. The van der Waals surface area contributed by atoms with Gasteiger partial charge in [-0.3, -0.25) is 0 Å². The van der Waals surface area contributed by atoms with Crippen LogP contribution in [0.3, 0.4) is 0 Å². The van der Waals surface area contributed by atoms with E-state index in [0.717, 1.165) is 0 Å². The number of aliphatic hydroxyl groups is 1. The molecule has 0 amide bonds. The van der Waals surface area contributed by atoms with Crippen LogP contribution in [0.5, 0.6) is 0 Å². The molecular weight excluding hydrogens is 215 g/mol. The molecule has 1 saturated carbocycles. The molecular formula is C6H11IO. The third-order valence-electron chi connectivity index (χ3n) is 1.97. The molecule has 1 rings (SSSR count). The van der Waals surface area contributed by atoms with E-state index in [4.69, 9.17) is 5.11 Å². The summed E-state index contributed by atoms with van der Waals surface area (Å²) in [5.74, 6) is 0.605.